The molecule has 0 spiro atoms. The van der Waals surface area contributed by atoms with Crippen LogP contribution in [0.4, 0.5) is 0 Å². The summed E-state index contributed by atoms with van der Waals surface area (Å²) in [5.74, 6) is 0.840. The van der Waals surface area contributed by atoms with Gasteiger partial charge >= 0.3 is 0 Å². The van der Waals surface area contributed by atoms with Gasteiger partial charge in [0.2, 0.25) is 0 Å². The molecule has 0 saturated heterocycles. The van der Waals surface area contributed by atoms with E-state index in [1.54, 1.807) is 0 Å². The van der Waals surface area contributed by atoms with E-state index in [1.165, 1.54) is 33.4 Å². The zero-order valence-corrected chi connectivity index (χ0v) is 11.9. The third-order valence-corrected chi connectivity index (χ3v) is 4.81. The minimum Gasteiger partial charge on any atom is -0.0832 e. The fourth-order valence-electron chi connectivity index (χ4n) is 4.08. The number of allylic oxidation sites excluding steroid dienone is 4. The Morgan fingerprint density at radius 2 is 0.900 bits per heavy atom. The van der Waals surface area contributed by atoms with E-state index in [-0.39, 0.29) is 0 Å². The summed E-state index contributed by atoms with van der Waals surface area (Å²) in [6.07, 6.45) is 4.61. The first kappa shape index (κ1) is 11.7. The molecule has 3 aliphatic carbocycles. The summed E-state index contributed by atoms with van der Waals surface area (Å²) in [7, 11) is 0. The minimum absolute atomic E-state index is 0.420. The predicted molar refractivity (Wildman–Crippen MR) is 84.1 cm³/mol. The molecule has 20 heavy (non-hydrogen) atoms. The van der Waals surface area contributed by atoms with Gasteiger partial charge in [0.25, 0.3) is 0 Å². The standard InChI is InChI=1S/C20H18/c1-3-13-14(4-2)20-17-11-7-5-9-15(17)19(13)16-10-6-8-12-18(16)20/h3-12,19-20H,1-2H3. The number of fused-ring (bicyclic) bond motifs is 1. The Labute approximate surface area is 120 Å². The van der Waals surface area contributed by atoms with Crippen LogP contribution in [0.15, 0.2) is 71.8 Å². The summed E-state index contributed by atoms with van der Waals surface area (Å²) in [6, 6.07) is 17.9. The Hall–Kier alpha value is -2.08. The van der Waals surface area contributed by atoms with Crippen molar-refractivity contribution in [2.75, 3.05) is 0 Å². The summed E-state index contributed by atoms with van der Waals surface area (Å²) in [5.41, 5.74) is 8.97. The Morgan fingerprint density at radius 1 is 0.600 bits per heavy atom. The zero-order chi connectivity index (χ0) is 13.7. The van der Waals surface area contributed by atoms with Gasteiger partial charge in [-0.15, -0.1) is 0 Å². The molecule has 0 saturated carbocycles. The molecular weight excluding hydrogens is 240 g/mol. The van der Waals surface area contributed by atoms with Crippen LogP contribution in [0.3, 0.4) is 0 Å². The normalized spacial score (nSPS) is 26.7. The van der Waals surface area contributed by atoms with Crippen LogP contribution in [0.25, 0.3) is 0 Å². The first-order chi connectivity index (χ1) is 9.86. The molecule has 0 atom stereocenters. The second kappa shape index (κ2) is 4.21. The highest BCUT2D eigenvalue weighted by atomic mass is 14.4. The highest BCUT2D eigenvalue weighted by Crippen LogP contribution is 2.57. The van der Waals surface area contributed by atoms with Crippen molar-refractivity contribution in [1.29, 1.82) is 0 Å². The lowest BCUT2D eigenvalue weighted by atomic mass is 9.59. The van der Waals surface area contributed by atoms with E-state index in [9.17, 15) is 0 Å². The lowest BCUT2D eigenvalue weighted by molar-refractivity contribution is 0.736. The Kier molecular flexibility index (Phi) is 2.47. The molecule has 3 aliphatic rings. The third kappa shape index (κ3) is 1.31. The maximum Gasteiger partial charge on any atom is 0.0345 e. The predicted octanol–water partition coefficient (Wildman–Crippen LogP) is 5.17. The van der Waals surface area contributed by atoms with Crippen LogP contribution in [0.2, 0.25) is 0 Å². The largest absolute Gasteiger partial charge is 0.0832 e. The van der Waals surface area contributed by atoms with E-state index in [1.807, 2.05) is 0 Å². The summed E-state index contributed by atoms with van der Waals surface area (Å²) in [6.45, 7) is 4.34. The lowest BCUT2D eigenvalue weighted by Gasteiger charge is -2.44. The van der Waals surface area contributed by atoms with Crippen molar-refractivity contribution < 1.29 is 0 Å². The number of rotatable bonds is 0. The second-order valence-corrected chi connectivity index (χ2v) is 5.61. The van der Waals surface area contributed by atoms with Crippen molar-refractivity contribution in [3.05, 3.63) is 94.1 Å². The van der Waals surface area contributed by atoms with E-state index < -0.39 is 0 Å². The fraction of sp³-hybridized carbons (Fsp3) is 0.200. The van der Waals surface area contributed by atoms with Gasteiger partial charge in [-0.3, -0.25) is 0 Å². The molecule has 98 valence electrons. The Bertz CT molecular complexity index is 635. The van der Waals surface area contributed by atoms with Crippen LogP contribution < -0.4 is 0 Å². The summed E-state index contributed by atoms with van der Waals surface area (Å²) < 4.78 is 0. The Morgan fingerprint density at radius 3 is 1.15 bits per heavy atom. The molecule has 0 N–H and O–H groups in total. The van der Waals surface area contributed by atoms with Crippen molar-refractivity contribution in [3.63, 3.8) is 0 Å². The number of hydrogen-bond donors (Lipinski definition) is 0. The molecule has 2 aromatic rings. The topological polar surface area (TPSA) is 0 Å². The van der Waals surface area contributed by atoms with E-state index in [4.69, 9.17) is 0 Å². The number of hydrogen-bond acceptors (Lipinski definition) is 0. The molecule has 5 rings (SSSR count). The van der Waals surface area contributed by atoms with Crippen LogP contribution in [-0.2, 0) is 0 Å². The molecule has 0 fully saturated rings. The first-order valence-electron chi connectivity index (χ1n) is 7.37. The van der Waals surface area contributed by atoms with E-state index in [2.05, 4.69) is 74.5 Å². The second-order valence-electron chi connectivity index (χ2n) is 5.61. The molecular formula is C20H18. The van der Waals surface area contributed by atoms with Crippen molar-refractivity contribution in [2.24, 2.45) is 0 Å². The monoisotopic (exact) mass is 258 g/mol. The van der Waals surface area contributed by atoms with Crippen LogP contribution in [-0.4, -0.2) is 0 Å². The molecule has 0 heteroatoms. The van der Waals surface area contributed by atoms with Gasteiger partial charge in [0.15, 0.2) is 0 Å². The SMILES string of the molecule is CC=C1C(=CC)C2c3ccccc3C1c1ccccc12. The highest BCUT2D eigenvalue weighted by molar-refractivity contribution is 5.69. The highest BCUT2D eigenvalue weighted by Gasteiger charge is 2.42. The summed E-state index contributed by atoms with van der Waals surface area (Å²) in [5, 5.41) is 0. The average molecular weight is 258 g/mol. The molecule has 0 unspecified atom stereocenters. The number of benzene rings is 2. The van der Waals surface area contributed by atoms with Gasteiger partial charge in [-0.25, -0.2) is 0 Å². The van der Waals surface area contributed by atoms with E-state index in [0.29, 0.717) is 11.8 Å². The summed E-state index contributed by atoms with van der Waals surface area (Å²) in [4.78, 5) is 0. The van der Waals surface area contributed by atoms with Crippen LogP contribution in [0.1, 0.15) is 47.9 Å². The Balaban J connectivity index is 2.13. The molecule has 2 bridgehead atoms. The zero-order valence-electron chi connectivity index (χ0n) is 11.9. The van der Waals surface area contributed by atoms with Crippen molar-refractivity contribution in [1.82, 2.24) is 0 Å². The maximum atomic E-state index is 2.30. The fourth-order valence-corrected chi connectivity index (χ4v) is 4.08. The van der Waals surface area contributed by atoms with Crippen LogP contribution in [0, 0.1) is 0 Å². The summed E-state index contributed by atoms with van der Waals surface area (Å²) >= 11 is 0. The minimum atomic E-state index is 0.420. The quantitative estimate of drug-likeness (QED) is 0.611. The van der Waals surface area contributed by atoms with E-state index in [0.717, 1.165) is 0 Å². The van der Waals surface area contributed by atoms with E-state index >= 15 is 0 Å². The van der Waals surface area contributed by atoms with Gasteiger partial charge in [0, 0.05) is 11.8 Å². The molecule has 0 amide bonds. The first-order valence-corrected chi connectivity index (χ1v) is 7.37. The molecule has 2 aromatic carbocycles. The molecule has 0 aliphatic heterocycles. The van der Waals surface area contributed by atoms with Crippen LogP contribution >= 0.6 is 0 Å². The van der Waals surface area contributed by atoms with Gasteiger partial charge in [-0.05, 0) is 47.2 Å². The van der Waals surface area contributed by atoms with Crippen molar-refractivity contribution in [3.8, 4) is 0 Å². The van der Waals surface area contributed by atoms with Gasteiger partial charge < -0.3 is 0 Å². The van der Waals surface area contributed by atoms with Crippen LogP contribution in [0.5, 0.6) is 0 Å². The lowest BCUT2D eigenvalue weighted by Crippen LogP contribution is -2.28. The van der Waals surface area contributed by atoms with Crippen molar-refractivity contribution >= 4 is 0 Å². The maximum absolute atomic E-state index is 2.30. The third-order valence-electron chi connectivity index (χ3n) is 4.81. The van der Waals surface area contributed by atoms with Gasteiger partial charge in [0.1, 0.15) is 0 Å². The average Bonchev–Trinajstić information content (AvgIpc) is 2.53. The molecule has 0 nitrogen and oxygen atoms in total. The molecule has 0 heterocycles. The smallest absolute Gasteiger partial charge is 0.0345 e. The van der Waals surface area contributed by atoms with Gasteiger partial charge in [0.05, 0.1) is 0 Å². The molecule has 0 radical (unpaired) electrons. The molecule has 0 aromatic heterocycles. The van der Waals surface area contributed by atoms with Crippen molar-refractivity contribution in [2.45, 2.75) is 25.7 Å². The van der Waals surface area contributed by atoms with Gasteiger partial charge in [-0.1, -0.05) is 60.7 Å². The van der Waals surface area contributed by atoms with Gasteiger partial charge in [-0.2, -0.15) is 0 Å².